The van der Waals surface area contributed by atoms with Crippen LogP contribution in [0.2, 0.25) is 0 Å². The van der Waals surface area contributed by atoms with E-state index in [2.05, 4.69) is 19.4 Å². The number of ether oxygens (including phenoxy) is 2. The van der Waals surface area contributed by atoms with Crippen LogP contribution in [0.25, 0.3) is 21.5 Å². The Bertz CT molecular complexity index is 772. The molecule has 1 aromatic rings. The van der Waals surface area contributed by atoms with Gasteiger partial charge in [0.05, 0.1) is 13.2 Å². The third-order valence-electron chi connectivity index (χ3n) is 3.02. The minimum Gasteiger partial charge on any atom is -0.501 e. The van der Waals surface area contributed by atoms with Crippen LogP contribution in [0.3, 0.4) is 0 Å². The summed E-state index contributed by atoms with van der Waals surface area (Å²) in [5, 5.41) is 37.8. The zero-order valence-electron chi connectivity index (χ0n) is 14.0. The second kappa shape index (κ2) is 9.39. The van der Waals surface area contributed by atoms with Gasteiger partial charge in [0.25, 0.3) is 0 Å². The van der Waals surface area contributed by atoms with Gasteiger partial charge in [-0.05, 0) is 13.8 Å². The number of benzene rings is 1. The molecule has 0 fully saturated rings. The minimum atomic E-state index is -1.03. The van der Waals surface area contributed by atoms with Crippen LogP contribution in [0.15, 0.2) is 35.7 Å². The first-order valence-electron chi connectivity index (χ1n) is 7.42. The predicted octanol–water partition coefficient (Wildman–Crippen LogP) is 2.97. The molecule has 1 aromatic carbocycles. The van der Waals surface area contributed by atoms with E-state index in [9.17, 15) is 19.8 Å². The molecule has 0 radical (unpaired) electrons. The summed E-state index contributed by atoms with van der Waals surface area (Å²) in [5.41, 5.74) is -1.25. The van der Waals surface area contributed by atoms with E-state index >= 15 is 0 Å². The van der Waals surface area contributed by atoms with Crippen LogP contribution in [0, 0.1) is 10.8 Å². The molecule has 0 atom stereocenters. The van der Waals surface area contributed by atoms with Crippen LogP contribution in [-0.4, -0.2) is 35.4 Å². The van der Waals surface area contributed by atoms with Crippen molar-refractivity contribution in [2.75, 3.05) is 13.2 Å². The van der Waals surface area contributed by atoms with Crippen molar-refractivity contribution >= 4 is 23.5 Å². The van der Waals surface area contributed by atoms with Crippen LogP contribution in [0.4, 0.5) is 0 Å². The van der Waals surface area contributed by atoms with Gasteiger partial charge in [0.15, 0.2) is 9.95 Å². The average Bonchev–Trinajstić information content (AvgIpc) is 2.63. The number of rotatable bonds is 6. The molecule has 26 heavy (non-hydrogen) atoms. The number of aliphatic hydroxyl groups excluding tert-OH is 2. The van der Waals surface area contributed by atoms with Gasteiger partial charge in [-0.1, -0.05) is 24.3 Å². The van der Waals surface area contributed by atoms with E-state index in [0.717, 1.165) is 0 Å². The number of hydrogen-bond donors (Lipinski definition) is 2. The maximum atomic E-state index is 11.6. The highest BCUT2D eigenvalue weighted by Crippen LogP contribution is 2.23. The second-order valence-electron chi connectivity index (χ2n) is 4.61. The first kappa shape index (κ1) is 20.1. The average molecular weight is 360 g/mol. The molecule has 0 bridgehead atoms. The smallest absolute Gasteiger partial charge is 0.501 e. The number of esters is 2. The second-order valence-corrected chi connectivity index (χ2v) is 4.61. The van der Waals surface area contributed by atoms with Gasteiger partial charge in [0, 0.05) is 11.1 Å². The Morgan fingerprint density at radius 1 is 0.846 bits per heavy atom. The Hall–Kier alpha value is -3.92. The molecule has 0 aliphatic carbocycles. The van der Waals surface area contributed by atoms with Gasteiger partial charge in [-0.25, -0.2) is 9.59 Å². The highest BCUT2D eigenvalue weighted by molar-refractivity contribution is 5.98. The molecule has 10 nitrogen and oxygen atoms in total. The number of aliphatic hydroxyl groups is 2. The van der Waals surface area contributed by atoms with Crippen molar-refractivity contribution in [2.45, 2.75) is 13.8 Å². The summed E-state index contributed by atoms with van der Waals surface area (Å²) in [6, 6.07) is 5.08. The van der Waals surface area contributed by atoms with Crippen molar-refractivity contribution in [1.82, 2.24) is 0 Å². The minimum absolute atomic E-state index is 0.0179. The third kappa shape index (κ3) is 4.55. The van der Waals surface area contributed by atoms with Crippen molar-refractivity contribution in [2.24, 2.45) is 0 Å². The highest BCUT2D eigenvalue weighted by Gasteiger charge is 2.33. The molecular weight excluding hydrogens is 344 g/mol. The molecule has 0 saturated heterocycles. The van der Waals surface area contributed by atoms with Gasteiger partial charge >= 0.3 is 23.3 Å². The fourth-order valence-electron chi connectivity index (χ4n) is 1.83. The number of hydrogen-bond acceptors (Lipinski definition) is 8. The molecule has 2 N–H and O–H groups in total. The van der Waals surface area contributed by atoms with Gasteiger partial charge in [-0.15, -0.1) is 0 Å². The Morgan fingerprint density at radius 3 is 1.38 bits per heavy atom. The topological polar surface area (TPSA) is 149 Å². The lowest BCUT2D eigenvalue weighted by atomic mass is 10.1. The quantitative estimate of drug-likeness (QED) is 0.340. The van der Waals surface area contributed by atoms with Crippen LogP contribution in [-0.2, 0) is 19.1 Å². The summed E-state index contributed by atoms with van der Waals surface area (Å²) in [6.07, 6.45) is 0. The summed E-state index contributed by atoms with van der Waals surface area (Å²) in [7, 11) is 0. The SMILES string of the molecule is CCOC(=O)/C([N+]#N)=C(\O)c1ccc(/C(O)=C(\[N+]#N)C(=O)OCC)cc1. The van der Waals surface area contributed by atoms with E-state index in [-0.39, 0.29) is 24.3 Å². The molecule has 10 heteroatoms. The lowest BCUT2D eigenvalue weighted by Crippen LogP contribution is -2.08. The molecule has 0 aliphatic heterocycles. The van der Waals surface area contributed by atoms with Gasteiger partial charge in [-0.2, -0.15) is 0 Å². The van der Waals surface area contributed by atoms with Crippen LogP contribution >= 0.6 is 0 Å². The highest BCUT2D eigenvalue weighted by atomic mass is 16.5. The predicted molar refractivity (Wildman–Crippen MR) is 89.0 cm³/mol. The maximum Gasteiger partial charge on any atom is 0.510 e. The van der Waals surface area contributed by atoms with E-state index in [4.69, 9.17) is 10.8 Å². The molecule has 0 aromatic heterocycles. The van der Waals surface area contributed by atoms with Gasteiger partial charge in [-0.3, -0.25) is 0 Å². The Morgan fingerprint density at radius 2 is 1.15 bits per heavy atom. The van der Waals surface area contributed by atoms with Gasteiger partial charge in [0.2, 0.25) is 22.3 Å². The molecule has 134 valence electrons. The van der Waals surface area contributed by atoms with Crippen LogP contribution < -0.4 is 0 Å². The molecule has 0 aliphatic rings. The molecular formula is C16H16N4O6+2. The summed E-state index contributed by atoms with van der Waals surface area (Å²) >= 11 is 0. The van der Waals surface area contributed by atoms with Crippen molar-refractivity contribution in [3.63, 3.8) is 0 Å². The summed E-state index contributed by atoms with van der Waals surface area (Å²) in [6.45, 7) is 3.12. The Balaban J connectivity index is 3.27. The van der Waals surface area contributed by atoms with Crippen LogP contribution in [0.5, 0.6) is 0 Å². The Kier molecular flexibility index (Phi) is 7.27. The van der Waals surface area contributed by atoms with Crippen molar-refractivity contribution in [3.05, 3.63) is 56.7 Å². The first-order valence-corrected chi connectivity index (χ1v) is 7.42. The third-order valence-corrected chi connectivity index (χ3v) is 3.02. The number of carbonyl (C=O) groups is 2. The summed E-state index contributed by atoms with van der Waals surface area (Å²) in [4.78, 5) is 28.6. The fraction of sp³-hybridized carbons (Fsp3) is 0.250. The van der Waals surface area contributed by atoms with Crippen LogP contribution in [0.1, 0.15) is 25.0 Å². The molecule has 1 rings (SSSR count). The summed E-state index contributed by atoms with van der Waals surface area (Å²) < 4.78 is 9.29. The van der Waals surface area contributed by atoms with E-state index in [1.165, 1.54) is 24.3 Å². The maximum absolute atomic E-state index is 11.6. The fourth-order valence-corrected chi connectivity index (χ4v) is 1.83. The molecule has 0 unspecified atom stereocenters. The van der Waals surface area contributed by atoms with Crippen molar-refractivity contribution in [3.8, 4) is 0 Å². The molecule has 0 amide bonds. The van der Waals surface area contributed by atoms with E-state index in [1.807, 2.05) is 0 Å². The zero-order valence-corrected chi connectivity index (χ0v) is 14.0. The van der Waals surface area contributed by atoms with E-state index in [0.29, 0.717) is 0 Å². The largest absolute Gasteiger partial charge is 0.510 e. The standard InChI is InChI=1S/C16H14N4O6/c1-3-25-15(23)11(19-17)13(21)9-5-7-10(8-6-9)14(22)12(20-18)16(24)26-4-2/h5-8H,3-4H2,1-2H3/p+2. The van der Waals surface area contributed by atoms with Gasteiger partial charge in [0.1, 0.15) is 0 Å². The number of nitrogens with zero attached hydrogens (tertiary/aromatic N) is 4. The lowest BCUT2D eigenvalue weighted by molar-refractivity contribution is -0.139. The van der Waals surface area contributed by atoms with E-state index < -0.39 is 34.9 Å². The number of diazo groups is 2. The zero-order chi connectivity index (χ0) is 19.7. The van der Waals surface area contributed by atoms with Gasteiger partial charge < -0.3 is 19.7 Å². The molecule has 0 spiro atoms. The molecule has 0 saturated carbocycles. The molecule has 0 heterocycles. The van der Waals surface area contributed by atoms with Crippen molar-refractivity contribution in [1.29, 1.82) is 10.8 Å². The number of carbonyl (C=O) groups excluding carboxylic acids is 2. The van der Waals surface area contributed by atoms with Crippen molar-refractivity contribution < 1.29 is 29.3 Å². The first-order chi connectivity index (χ1) is 12.4. The van der Waals surface area contributed by atoms with E-state index in [1.54, 1.807) is 13.8 Å². The summed E-state index contributed by atoms with van der Waals surface area (Å²) in [5.74, 6) is -3.36. The lowest BCUT2D eigenvalue weighted by Gasteiger charge is -2.01. The monoisotopic (exact) mass is 360 g/mol. The Labute approximate surface area is 148 Å². The normalized spacial score (nSPS) is 12.0.